The summed E-state index contributed by atoms with van der Waals surface area (Å²) in [6, 6.07) is 9.67. The van der Waals surface area contributed by atoms with Gasteiger partial charge >= 0.3 is 0 Å². The summed E-state index contributed by atoms with van der Waals surface area (Å²) in [5.41, 5.74) is 2.53. The Morgan fingerprint density at radius 3 is 2.95 bits per heavy atom. The zero-order valence-corrected chi connectivity index (χ0v) is 10.4. The van der Waals surface area contributed by atoms with E-state index in [1.54, 1.807) is 11.7 Å². The minimum atomic E-state index is 0.444. The highest BCUT2D eigenvalue weighted by Crippen LogP contribution is 2.28. The van der Waals surface area contributed by atoms with E-state index in [1.807, 2.05) is 30.3 Å². The smallest absolute Gasteiger partial charge is 0.270 e. The summed E-state index contributed by atoms with van der Waals surface area (Å²) >= 11 is 1.45. The molecule has 4 aromatic rings. The van der Waals surface area contributed by atoms with E-state index in [4.69, 9.17) is 8.94 Å². The first kappa shape index (κ1) is 10.5. The van der Waals surface area contributed by atoms with Gasteiger partial charge in [-0.05, 0) is 12.1 Å². The molecule has 0 aliphatic carbocycles. The summed E-state index contributed by atoms with van der Waals surface area (Å²) in [4.78, 5) is 9.14. The molecule has 0 aliphatic heterocycles. The predicted molar refractivity (Wildman–Crippen MR) is 70.6 cm³/mol. The molecule has 0 bridgehead atoms. The molecule has 3 heterocycles. The normalized spacial score (nSPS) is 11.2. The average molecular weight is 269 g/mol. The molecule has 0 radical (unpaired) electrons. The van der Waals surface area contributed by atoms with Gasteiger partial charge in [-0.25, -0.2) is 0 Å². The fraction of sp³-hybridized carbons (Fsp3) is 0. The molecule has 1 aromatic carbocycles. The Balaban J connectivity index is 1.80. The number of fused-ring (bicyclic) bond motifs is 1. The van der Waals surface area contributed by atoms with Crippen molar-refractivity contribution in [3.05, 3.63) is 42.0 Å². The molecule has 0 spiro atoms. The van der Waals surface area contributed by atoms with E-state index < -0.39 is 0 Å². The van der Waals surface area contributed by atoms with Gasteiger partial charge in [-0.3, -0.25) is 4.98 Å². The lowest BCUT2D eigenvalue weighted by Crippen LogP contribution is -1.76. The molecule has 0 unspecified atom stereocenters. The van der Waals surface area contributed by atoms with Crippen LogP contribution in [0.4, 0.5) is 0 Å². The van der Waals surface area contributed by atoms with Gasteiger partial charge in [0, 0.05) is 5.39 Å². The van der Waals surface area contributed by atoms with E-state index in [-0.39, 0.29) is 0 Å². The second kappa shape index (κ2) is 4.03. The molecule has 5 nitrogen and oxygen atoms in total. The van der Waals surface area contributed by atoms with E-state index in [0.717, 1.165) is 15.8 Å². The van der Waals surface area contributed by atoms with Crippen molar-refractivity contribution in [2.75, 3.05) is 0 Å². The Hall–Kier alpha value is -2.47. The molecule has 0 fully saturated rings. The van der Waals surface area contributed by atoms with Crippen LogP contribution in [0, 0.1) is 0 Å². The third kappa shape index (κ3) is 1.73. The van der Waals surface area contributed by atoms with Crippen LogP contribution in [0.2, 0.25) is 0 Å². The Morgan fingerprint density at radius 2 is 2.11 bits per heavy atom. The van der Waals surface area contributed by atoms with Crippen molar-refractivity contribution in [1.29, 1.82) is 0 Å². The van der Waals surface area contributed by atoms with Crippen LogP contribution in [-0.2, 0) is 0 Å². The fourth-order valence-electron chi connectivity index (χ4n) is 1.84. The number of para-hydroxylation sites is 1. The van der Waals surface area contributed by atoms with Crippen molar-refractivity contribution in [2.45, 2.75) is 0 Å². The van der Waals surface area contributed by atoms with Crippen molar-refractivity contribution in [1.82, 2.24) is 15.1 Å². The van der Waals surface area contributed by atoms with Crippen molar-refractivity contribution in [2.24, 2.45) is 0 Å². The first-order chi connectivity index (χ1) is 9.40. The Labute approximate surface area is 111 Å². The van der Waals surface area contributed by atoms with Crippen LogP contribution in [0.15, 0.2) is 51.0 Å². The molecule has 0 atom stereocenters. The lowest BCUT2D eigenvalue weighted by molar-refractivity contribution is 0.431. The highest BCUT2D eigenvalue weighted by Gasteiger charge is 2.15. The molecule has 3 aromatic heterocycles. The van der Waals surface area contributed by atoms with Gasteiger partial charge in [-0.1, -0.05) is 23.4 Å². The quantitative estimate of drug-likeness (QED) is 0.556. The van der Waals surface area contributed by atoms with Gasteiger partial charge < -0.3 is 8.94 Å². The molecule has 0 amide bonds. The summed E-state index contributed by atoms with van der Waals surface area (Å²) in [5, 5.41) is 4.95. The molecule has 6 heteroatoms. The topological polar surface area (TPSA) is 65.0 Å². The predicted octanol–water partition coefficient (Wildman–Crippen LogP) is 3.61. The van der Waals surface area contributed by atoms with Crippen LogP contribution >= 0.6 is 11.3 Å². The van der Waals surface area contributed by atoms with Gasteiger partial charge in [0.15, 0.2) is 5.76 Å². The lowest BCUT2D eigenvalue weighted by atomic mass is 10.2. The third-order valence-corrected chi connectivity index (χ3v) is 3.48. The van der Waals surface area contributed by atoms with Crippen LogP contribution < -0.4 is 0 Å². The van der Waals surface area contributed by atoms with Gasteiger partial charge in [-0.2, -0.15) is 4.98 Å². The molecule has 0 N–H and O–H groups in total. The molecule has 19 heavy (non-hydrogen) atoms. The average Bonchev–Trinajstić information content (AvgIpc) is 3.17. The standard InChI is InChI=1S/C13H7N3O2S/c1-2-4-9-8(3-1)5-10(17-9)12-15-13(18-16-12)11-6-14-7-19-11/h1-7H. The number of rotatable bonds is 2. The van der Waals surface area contributed by atoms with E-state index in [2.05, 4.69) is 15.1 Å². The maximum Gasteiger partial charge on any atom is 0.270 e. The van der Waals surface area contributed by atoms with Crippen LogP contribution in [-0.4, -0.2) is 15.1 Å². The Bertz CT molecular complexity index is 799. The summed E-state index contributed by atoms with van der Waals surface area (Å²) in [5.74, 6) is 1.50. The SMILES string of the molecule is c1ccc2oc(-c3noc(-c4cncs4)n3)cc2c1. The van der Waals surface area contributed by atoms with Gasteiger partial charge in [0.25, 0.3) is 5.89 Å². The number of nitrogens with zero attached hydrogens (tertiary/aromatic N) is 3. The van der Waals surface area contributed by atoms with Gasteiger partial charge in [-0.15, -0.1) is 11.3 Å². The Kier molecular flexibility index (Phi) is 2.22. The van der Waals surface area contributed by atoms with E-state index >= 15 is 0 Å². The summed E-state index contributed by atoms with van der Waals surface area (Å²) in [6.07, 6.45) is 1.70. The highest BCUT2D eigenvalue weighted by atomic mass is 32.1. The summed E-state index contributed by atoms with van der Waals surface area (Å²) < 4.78 is 10.9. The van der Waals surface area contributed by atoms with E-state index in [9.17, 15) is 0 Å². The Morgan fingerprint density at radius 1 is 1.16 bits per heavy atom. The molecular weight excluding hydrogens is 262 g/mol. The number of hydrogen-bond acceptors (Lipinski definition) is 6. The number of thiazole rings is 1. The number of benzene rings is 1. The van der Waals surface area contributed by atoms with Crippen LogP contribution in [0.3, 0.4) is 0 Å². The van der Waals surface area contributed by atoms with Gasteiger partial charge in [0.05, 0.1) is 11.7 Å². The zero-order chi connectivity index (χ0) is 12.7. The number of hydrogen-bond donors (Lipinski definition) is 0. The minimum Gasteiger partial charge on any atom is -0.453 e. The van der Waals surface area contributed by atoms with E-state index in [1.165, 1.54) is 11.3 Å². The first-order valence-electron chi connectivity index (χ1n) is 5.62. The second-order valence-electron chi connectivity index (χ2n) is 3.94. The fourth-order valence-corrected chi connectivity index (χ4v) is 2.38. The monoisotopic (exact) mass is 269 g/mol. The van der Waals surface area contributed by atoms with Crippen molar-refractivity contribution in [3.63, 3.8) is 0 Å². The summed E-state index contributed by atoms with van der Waals surface area (Å²) in [7, 11) is 0. The summed E-state index contributed by atoms with van der Waals surface area (Å²) in [6.45, 7) is 0. The maximum absolute atomic E-state index is 5.69. The maximum atomic E-state index is 5.69. The van der Waals surface area contributed by atoms with Crippen molar-refractivity contribution in [3.8, 4) is 22.4 Å². The molecule has 0 saturated heterocycles. The van der Waals surface area contributed by atoms with Crippen molar-refractivity contribution < 1.29 is 8.94 Å². The zero-order valence-electron chi connectivity index (χ0n) is 9.61. The van der Waals surface area contributed by atoms with Crippen LogP contribution in [0.25, 0.3) is 33.3 Å². The first-order valence-corrected chi connectivity index (χ1v) is 6.50. The van der Waals surface area contributed by atoms with Crippen LogP contribution in [0.1, 0.15) is 0 Å². The second-order valence-corrected chi connectivity index (χ2v) is 4.82. The van der Waals surface area contributed by atoms with Crippen molar-refractivity contribution >= 4 is 22.3 Å². The largest absolute Gasteiger partial charge is 0.453 e. The van der Waals surface area contributed by atoms with Gasteiger partial charge in [0.1, 0.15) is 10.5 Å². The lowest BCUT2D eigenvalue weighted by Gasteiger charge is -1.84. The molecular formula is C13H7N3O2S. The van der Waals surface area contributed by atoms with Crippen LogP contribution in [0.5, 0.6) is 0 Å². The van der Waals surface area contributed by atoms with Gasteiger partial charge in [0.2, 0.25) is 5.82 Å². The third-order valence-electron chi connectivity index (χ3n) is 2.72. The number of aromatic nitrogens is 3. The molecule has 0 saturated carbocycles. The minimum absolute atomic E-state index is 0.444. The number of furan rings is 1. The van der Waals surface area contributed by atoms with E-state index in [0.29, 0.717) is 17.5 Å². The highest BCUT2D eigenvalue weighted by molar-refractivity contribution is 7.13. The molecule has 0 aliphatic rings. The molecule has 4 rings (SSSR count). The molecule has 92 valence electrons.